The highest BCUT2D eigenvalue weighted by Gasteiger charge is 2.24. The Balaban J connectivity index is 3.03. The van der Waals surface area contributed by atoms with Crippen molar-refractivity contribution in [3.05, 3.63) is 22.7 Å². The van der Waals surface area contributed by atoms with E-state index in [0.717, 1.165) is 4.31 Å². The average molecular weight is 334 g/mol. The Morgan fingerprint density at radius 3 is 2.48 bits per heavy atom. The van der Waals surface area contributed by atoms with Gasteiger partial charge < -0.3 is 11.1 Å². The van der Waals surface area contributed by atoms with Crippen LogP contribution in [0.5, 0.6) is 0 Å². The number of hydrogen-bond acceptors (Lipinski definition) is 4. The van der Waals surface area contributed by atoms with E-state index in [0.29, 0.717) is 10.6 Å². The molecule has 1 aromatic rings. The van der Waals surface area contributed by atoms with Crippen molar-refractivity contribution < 1.29 is 13.2 Å². The van der Waals surface area contributed by atoms with E-state index in [1.165, 1.54) is 19.2 Å². The summed E-state index contributed by atoms with van der Waals surface area (Å²) in [5, 5.41) is 2.97. The zero-order valence-corrected chi connectivity index (χ0v) is 14.0. The molecule has 118 valence electrons. The molecule has 0 saturated carbocycles. The van der Waals surface area contributed by atoms with Crippen LogP contribution in [-0.2, 0) is 14.8 Å². The second kappa shape index (κ2) is 6.64. The third kappa shape index (κ3) is 4.33. The first-order chi connectivity index (χ1) is 9.55. The van der Waals surface area contributed by atoms with Gasteiger partial charge in [0.2, 0.25) is 15.9 Å². The maximum atomic E-state index is 12.4. The van der Waals surface area contributed by atoms with Crippen molar-refractivity contribution in [3.8, 4) is 0 Å². The fraction of sp³-hybridized carbons (Fsp3) is 0.462. The molecule has 8 heteroatoms. The number of halogens is 1. The molecule has 0 bridgehead atoms. The Bertz CT molecular complexity index is 621. The van der Waals surface area contributed by atoms with Crippen LogP contribution < -0.4 is 11.1 Å². The van der Waals surface area contributed by atoms with Gasteiger partial charge in [0.15, 0.2) is 0 Å². The van der Waals surface area contributed by atoms with E-state index in [2.05, 4.69) is 5.32 Å². The van der Waals surface area contributed by atoms with Crippen molar-refractivity contribution in [1.29, 1.82) is 0 Å². The summed E-state index contributed by atoms with van der Waals surface area (Å²) in [6.07, 6.45) is 0. The predicted octanol–water partition coefficient (Wildman–Crippen LogP) is 1.38. The minimum Gasteiger partial charge on any atom is -0.397 e. The van der Waals surface area contributed by atoms with Crippen LogP contribution in [0.4, 0.5) is 5.69 Å². The van der Waals surface area contributed by atoms with Gasteiger partial charge in [-0.3, -0.25) is 4.79 Å². The van der Waals surface area contributed by atoms with Crippen LogP contribution in [0.1, 0.15) is 19.4 Å². The molecular formula is C13H20ClN3O3S. The van der Waals surface area contributed by atoms with Crippen molar-refractivity contribution in [1.82, 2.24) is 9.62 Å². The number of likely N-dealkylation sites (N-methyl/N-ethyl adjacent to an activating group) is 1. The van der Waals surface area contributed by atoms with Crippen molar-refractivity contribution in [2.75, 3.05) is 19.3 Å². The Morgan fingerprint density at radius 1 is 1.43 bits per heavy atom. The molecule has 0 unspecified atom stereocenters. The third-order valence-electron chi connectivity index (χ3n) is 2.78. The van der Waals surface area contributed by atoms with Gasteiger partial charge in [0.1, 0.15) is 0 Å². The lowest BCUT2D eigenvalue weighted by Gasteiger charge is -2.18. The minimum absolute atomic E-state index is 0.0155. The van der Waals surface area contributed by atoms with Crippen LogP contribution in [0.25, 0.3) is 0 Å². The Hall–Kier alpha value is -1.31. The molecule has 0 aromatic heterocycles. The number of amides is 1. The molecule has 0 saturated heterocycles. The lowest BCUT2D eigenvalue weighted by molar-refractivity contribution is -0.121. The first kappa shape index (κ1) is 17.7. The number of carbonyl (C=O) groups excluding carboxylic acids is 1. The Labute approximate surface area is 130 Å². The van der Waals surface area contributed by atoms with Gasteiger partial charge in [-0.1, -0.05) is 11.6 Å². The fourth-order valence-corrected chi connectivity index (χ4v) is 3.10. The predicted molar refractivity (Wildman–Crippen MR) is 83.7 cm³/mol. The number of sulfonamides is 1. The van der Waals surface area contributed by atoms with Gasteiger partial charge in [0.05, 0.1) is 22.2 Å². The van der Waals surface area contributed by atoms with E-state index < -0.39 is 10.0 Å². The van der Waals surface area contributed by atoms with E-state index in [4.69, 9.17) is 17.3 Å². The summed E-state index contributed by atoms with van der Waals surface area (Å²) in [4.78, 5) is 11.7. The van der Waals surface area contributed by atoms with Crippen LogP contribution in [0, 0.1) is 6.92 Å². The summed E-state index contributed by atoms with van der Waals surface area (Å²) in [6, 6.07) is 2.67. The first-order valence-corrected chi connectivity index (χ1v) is 8.18. The zero-order valence-electron chi connectivity index (χ0n) is 12.5. The topological polar surface area (TPSA) is 92.5 Å². The van der Waals surface area contributed by atoms with Gasteiger partial charge in [-0.05, 0) is 38.5 Å². The van der Waals surface area contributed by atoms with E-state index in [1.807, 2.05) is 0 Å². The number of nitrogen functional groups attached to an aromatic ring is 1. The summed E-state index contributed by atoms with van der Waals surface area (Å²) in [5.74, 6) is -0.366. The molecule has 0 spiro atoms. The highest BCUT2D eigenvalue weighted by Crippen LogP contribution is 2.27. The second-order valence-corrected chi connectivity index (χ2v) is 7.55. The molecule has 1 rings (SSSR count). The highest BCUT2D eigenvalue weighted by atomic mass is 35.5. The van der Waals surface area contributed by atoms with Crippen molar-refractivity contribution in [2.24, 2.45) is 0 Å². The second-order valence-electron chi connectivity index (χ2n) is 5.13. The largest absolute Gasteiger partial charge is 0.397 e. The number of benzene rings is 1. The summed E-state index contributed by atoms with van der Waals surface area (Å²) in [7, 11) is -2.46. The number of carbonyl (C=O) groups is 1. The lowest BCUT2D eigenvalue weighted by Crippen LogP contribution is -2.40. The number of hydrogen-bond donors (Lipinski definition) is 2. The monoisotopic (exact) mass is 333 g/mol. The Morgan fingerprint density at radius 2 is 2.00 bits per heavy atom. The third-order valence-corrected chi connectivity index (χ3v) is 5.08. The fourth-order valence-electron chi connectivity index (χ4n) is 1.75. The maximum absolute atomic E-state index is 12.4. The molecule has 0 aliphatic heterocycles. The van der Waals surface area contributed by atoms with Crippen LogP contribution >= 0.6 is 11.6 Å². The number of nitrogens with two attached hydrogens (primary N) is 1. The standard InChI is InChI=1S/C13H20ClN3O3S/c1-8(2)16-12(18)7-17(4)21(19,20)10-5-9(3)13(14)11(15)6-10/h5-6,8H,7,15H2,1-4H3,(H,16,18). The van der Waals surface area contributed by atoms with Gasteiger partial charge in [0.25, 0.3) is 0 Å². The molecule has 0 atom stereocenters. The molecule has 3 N–H and O–H groups in total. The highest BCUT2D eigenvalue weighted by molar-refractivity contribution is 7.89. The molecule has 1 aromatic carbocycles. The summed E-state index contributed by atoms with van der Waals surface area (Å²) in [5.41, 5.74) is 6.45. The smallest absolute Gasteiger partial charge is 0.243 e. The molecule has 21 heavy (non-hydrogen) atoms. The van der Waals surface area contributed by atoms with E-state index in [1.54, 1.807) is 20.8 Å². The average Bonchev–Trinajstić information content (AvgIpc) is 2.33. The van der Waals surface area contributed by atoms with Crippen molar-refractivity contribution in [3.63, 3.8) is 0 Å². The minimum atomic E-state index is -3.80. The maximum Gasteiger partial charge on any atom is 0.243 e. The molecule has 0 aliphatic rings. The van der Waals surface area contributed by atoms with Crippen LogP contribution in [0.3, 0.4) is 0 Å². The summed E-state index contributed by atoms with van der Waals surface area (Å²) < 4.78 is 25.8. The van der Waals surface area contributed by atoms with Crippen molar-refractivity contribution in [2.45, 2.75) is 31.7 Å². The normalized spacial score (nSPS) is 12.0. The van der Waals surface area contributed by atoms with Gasteiger partial charge in [-0.15, -0.1) is 0 Å². The molecule has 0 fully saturated rings. The molecule has 0 aliphatic carbocycles. The van der Waals surface area contributed by atoms with Crippen LogP contribution in [0.15, 0.2) is 17.0 Å². The summed E-state index contributed by atoms with van der Waals surface area (Å²) >= 11 is 5.92. The lowest BCUT2D eigenvalue weighted by atomic mass is 10.2. The van der Waals surface area contributed by atoms with E-state index in [9.17, 15) is 13.2 Å². The molecule has 6 nitrogen and oxygen atoms in total. The van der Waals surface area contributed by atoms with Gasteiger partial charge in [-0.25, -0.2) is 8.42 Å². The molecule has 0 heterocycles. The Kier molecular flexibility index (Phi) is 5.61. The van der Waals surface area contributed by atoms with Crippen LogP contribution in [0.2, 0.25) is 5.02 Å². The number of anilines is 1. The quantitative estimate of drug-likeness (QED) is 0.796. The number of aryl methyl sites for hydroxylation is 1. The summed E-state index contributed by atoms with van der Waals surface area (Å²) in [6.45, 7) is 5.01. The SMILES string of the molecule is Cc1cc(S(=O)(=O)N(C)CC(=O)NC(C)C)cc(N)c1Cl. The van der Waals surface area contributed by atoms with E-state index >= 15 is 0 Å². The van der Waals surface area contributed by atoms with E-state index in [-0.39, 0.29) is 29.1 Å². The number of nitrogens with zero attached hydrogens (tertiary/aromatic N) is 1. The van der Waals surface area contributed by atoms with Gasteiger partial charge in [0, 0.05) is 13.1 Å². The molecular weight excluding hydrogens is 314 g/mol. The zero-order chi connectivity index (χ0) is 16.4. The first-order valence-electron chi connectivity index (χ1n) is 6.37. The van der Waals surface area contributed by atoms with Crippen LogP contribution in [-0.4, -0.2) is 38.3 Å². The number of rotatable bonds is 5. The molecule has 0 radical (unpaired) electrons. The molecule has 1 amide bonds. The van der Waals surface area contributed by atoms with Gasteiger partial charge in [-0.2, -0.15) is 4.31 Å². The number of nitrogens with one attached hydrogen (secondary N) is 1. The van der Waals surface area contributed by atoms with Crippen molar-refractivity contribution >= 4 is 33.2 Å². The van der Waals surface area contributed by atoms with Gasteiger partial charge >= 0.3 is 0 Å².